The summed E-state index contributed by atoms with van der Waals surface area (Å²) in [7, 11) is 1.25. The van der Waals surface area contributed by atoms with Gasteiger partial charge in [-0.25, -0.2) is 4.39 Å². The minimum absolute atomic E-state index is 0.106. The SMILES string of the molecule is COC(CN)c1ccc(F)cc1C(F)(F)F. The molecule has 0 aliphatic rings. The molecule has 0 amide bonds. The standard InChI is InChI=1S/C10H11F4NO/c1-16-9(5-15)7-3-2-6(11)4-8(7)10(12,13)14/h2-4,9H,5,15H2,1H3. The minimum atomic E-state index is -4.62. The van der Waals surface area contributed by atoms with Crippen LogP contribution >= 0.6 is 0 Å². The van der Waals surface area contributed by atoms with Crippen LogP contribution in [-0.2, 0) is 10.9 Å². The lowest BCUT2D eigenvalue weighted by molar-refractivity contribution is -0.139. The Kier molecular flexibility index (Phi) is 3.88. The Balaban J connectivity index is 3.27. The predicted molar refractivity (Wildman–Crippen MR) is 50.2 cm³/mol. The van der Waals surface area contributed by atoms with Gasteiger partial charge < -0.3 is 10.5 Å². The lowest BCUT2D eigenvalue weighted by atomic mass is 10.0. The van der Waals surface area contributed by atoms with Gasteiger partial charge >= 0.3 is 6.18 Å². The molecule has 0 spiro atoms. The lowest BCUT2D eigenvalue weighted by Crippen LogP contribution is -2.19. The normalized spacial score (nSPS) is 13.9. The highest BCUT2D eigenvalue weighted by Crippen LogP contribution is 2.35. The molecule has 2 N–H and O–H groups in total. The van der Waals surface area contributed by atoms with Gasteiger partial charge in [-0.2, -0.15) is 13.2 Å². The number of methoxy groups -OCH3 is 1. The van der Waals surface area contributed by atoms with E-state index in [4.69, 9.17) is 10.5 Å². The van der Waals surface area contributed by atoms with E-state index in [1.54, 1.807) is 0 Å². The zero-order valence-corrected chi connectivity index (χ0v) is 8.51. The second-order valence-electron chi connectivity index (χ2n) is 3.19. The van der Waals surface area contributed by atoms with Gasteiger partial charge in [-0.1, -0.05) is 6.07 Å². The first-order valence-corrected chi connectivity index (χ1v) is 4.49. The molecule has 0 fully saturated rings. The highest BCUT2D eigenvalue weighted by atomic mass is 19.4. The monoisotopic (exact) mass is 237 g/mol. The van der Waals surface area contributed by atoms with Crippen molar-refractivity contribution in [3.63, 3.8) is 0 Å². The Morgan fingerprint density at radius 3 is 2.44 bits per heavy atom. The van der Waals surface area contributed by atoms with Crippen molar-refractivity contribution in [2.24, 2.45) is 5.73 Å². The number of rotatable bonds is 3. The van der Waals surface area contributed by atoms with Crippen molar-refractivity contribution in [1.82, 2.24) is 0 Å². The highest BCUT2D eigenvalue weighted by Gasteiger charge is 2.35. The number of alkyl halides is 3. The third-order valence-electron chi connectivity index (χ3n) is 2.17. The fraction of sp³-hybridized carbons (Fsp3) is 0.400. The number of hydrogen-bond acceptors (Lipinski definition) is 2. The van der Waals surface area contributed by atoms with E-state index in [0.29, 0.717) is 6.07 Å². The van der Waals surface area contributed by atoms with Crippen LogP contribution in [0.3, 0.4) is 0 Å². The van der Waals surface area contributed by atoms with Crippen LogP contribution in [0.2, 0.25) is 0 Å². The fourth-order valence-electron chi connectivity index (χ4n) is 1.40. The molecule has 0 aromatic heterocycles. The van der Waals surface area contributed by atoms with Crippen molar-refractivity contribution in [2.45, 2.75) is 12.3 Å². The lowest BCUT2D eigenvalue weighted by Gasteiger charge is -2.19. The van der Waals surface area contributed by atoms with Crippen molar-refractivity contribution >= 4 is 0 Å². The first-order valence-electron chi connectivity index (χ1n) is 4.49. The Labute approximate surface area is 90.0 Å². The van der Waals surface area contributed by atoms with E-state index in [-0.39, 0.29) is 12.1 Å². The quantitative estimate of drug-likeness (QED) is 0.820. The number of nitrogens with two attached hydrogens (primary N) is 1. The van der Waals surface area contributed by atoms with Crippen LogP contribution in [0.4, 0.5) is 17.6 Å². The topological polar surface area (TPSA) is 35.2 Å². The molecule has 90 valence electrons. The van der Waals surface area contributed by atoms with Crippen LogP contribution in [0, 0.1) is 5.82 Å². The molecule has 1 rings (SSSR count). The molecular weight excluding hydrogens is 226 g/mol. The smallest absolute Gasteiger partial charge is 0.375 e. The molecule has 1 aromatic carbocycles. The molecule has 0 aliphatic heterocycles. The Morgan fingerprint density at radius 1 is 1.38 bits per heavy atom. The Bertz CT molecular complexity index is 360. The second kappa shape index (κ2) is 4.80. The van der Waals surface area contributed by atoms with E-state index in [0.717, 1.165) is 12.1 Å². The number of hydrogen-bond donors (Lipinski definition) is 1. The summed E-state index contributed by atoms with van der Waals surface area (Å²) >= 11 is 0. The zero-order chi connectivity index (χ0) is 12.3. The van der Waals surface area contributed by atoms with E-state index in [1.807, 2.05) is 0 Å². The molecule has 0 aliphatic carbocycles. The molecule has 0 saturated carbocycles. The summed E-state index contributed by atoms with van der Waals surface area (Å²) < 4.78 is 55.4. The van der Waals surface area contributed by atoms with E-state index < -0.39 is 23.7 Å². The van der Waals surface area contributed by atoms with Gasteiger partial charge in [-0.3, -0.25) is 0 Å². The third-order valence-corrected chi connectivity index (χ3v) is 2.17. The van der Waals surface area contributed by atoms with Gasteiger partial charge in [0.1, 0.15) is 5.82 Å². The Hall–Kier alpha value is -1.14. The summed E-state index contributed by atoms with van der Waals surface area (Å²) in [6.45, 7) is -0.106. The van der Waals surface area contributed by atoms with Gasteiger partial charge in [0.05, 0.1) is 11.7 Å². The number of benzene rings is 1. The van der Waals surface area contributed by atoms with Crippen LogP contribution in [-0.4, -0.2) is 13.7 Å². The molecule has 1 atom stereocenters. The minimum Gasteiger partial charge on any atom is -0.375 e. The molecule has 1 unspecified atom stereocenters. The van der Waals surface area contributed by atoms with E-state index >= 15 is 0 Å². The average Bonchev–Trinajstić information content (AvgIpc) is 2.20. The second-order valence-corrected chi connectivity index (χ2v) is 3.19. The molecule has 0 radical (unpaired) electrons. The van der Waals surface area contributed by atoms with Crippen LogP contribution in [0.25, 0.3) is 0 Å². The van der Waals surface area contributed by atoms with Gasteiger partial charge in [0.25, 0.3) is 0 Å². The predicted octanol–water partition coefficient (Wildman–Crippen LogP) is 2.49. The molecule has 2 nitrogen and oxygen atoms in total. The largest absolute Gasteiger partial charge is 0.416 e. The molecule has 0 heterocycles. The molecule has 1 aromatic rings. The van der Waals surface area contributed by atoms with Crippen molar-refractivity contribution in [2.75, 3.05) is 13.7 Å². The maximum absolute atomic E-state index is 12.8. The summed E-state index contributed by atoms with van der Waals surface area (Å²) in [6.07, 6.45) is -5.51. The first kappa shape index (κ1) is 12.9. The van der Waals surface area contributed by atoms with E-state index in [9.17, 15) is 17.6 Å². The van der Waals surface area contributed by atoms with Crippen LogP contribution in [0.15, 0.2) is 18.2 Å². The summed E-state index contributed by atoms with van der Waals surface area (Å²) in [5, 5.41) is 0. The van der Waals surface area contributed by atoms with Crippen molar-refractivity contribution in [3.05, 3.63) is 35.1 Å². The molecular formula is C10H11F4NO. The van der Waals surface area contributed by atoms with Crippen LogP contribution < -0.4 is 5.73 Å². The first-order chi connectivity index (χ1) is 7.40. The van der Waals surface area contributed by atoms with Crippen molar-refractivity contribution in [1.29, 1.82) is 0 Å². The third kappa shape index (κ3) is 2.70. The maximum atomic E-state index is 12.8. The highest BCUT2D eigenvalue weighted by molar-refractivity contribution is 5.32. The molecule has 0 bridgehead atoms. The molecule has 16 heavy (non-hydrogen) atoms. The summed E-state index contributed by atoms with van der Waals surface area (Å²) in [6, 6.07) is 2.43. The zero-order valence-electron chi connectivity index (χ0n) is 8.51. The molecule has 6 heteroatoms. The van der Waals surface area contributed by atoms with Gasteiger partial charge in [-0.15, -0.1) is 0 Å². The van der Waals surface area contributed by atoms with Gasteiger partial charge in [-0.05, 0) is 17.7 Å². The number of halogens is 4. The Morgan fingerprint density at radius 2 is 2.00 bits per heavy atom. The van der Waals surface area contributed by atoms with Gasteiger partial charge in [0.2, 0.25) is 0 Å². The van der Waals surface area contributed by atoms with Gasteiger partial charge in [0, 0.05) is 13.7 Å². The average molecular weight is 237 g/mol. The van der Waals surface area contributed by atoms with Crippen LogP contribution in [0.1, 0.15) is 17.2 Å². The number of ether oxygens (including phenoxy) is 1. The van der Waals surface area contributed by atoms with Crippen molar-refractivity contribution in [3.8, 4) is 0 Å². The van der Waals surface area contributed by atoms with Crippen molar-refractivity contribution < 1.29 is 22.3 Å². The molecule has 0 saturated heterocycles. The fourth-order valence-corrected chi connectivity index (χ4v) is 1.40. The maximum Gasteiger partial charge on any atom is 0.416 e. The van der Waals surface area contributed by atoms with Gasteiger partial charge in [0.15, 0.2) is 0 Å². The summed E-state index contributed by atoms with van der Waals surface area (Å²) in [5.41, 5.74) is 4.07. The van der Waals surface area contributed by atoms with E-state index in [2.05, 4.69) is 0 Å². The summed E-state index contributed by atoms with van der Waals surface area (Å²) in [4.78, 5) is 0. The van der Waals surface area contributed by atoms with Crippen LogP contribution in [0.5, 0.6) is 0 Å². The van der Waals surface area contributed by atoms with E-state index in [1.165, 1.54) is 7.11 Å². The summed E-state index contributed by atoms with van der Waals surface area (Å²) in [5.74, 6) is -0.942.